The van der Waals surface area contributed by atoms with Gasteiger partial charge in [0.15, 0.2) is 11.5 Å². The van der Waals surface area contributed by atoms with Crippen molar-refractivity contribution in [1.82, 2.24) is 24.5 Å². The van der Waals surface area contributed by atoms with Crippen molar-refractivity contribution in [2.24, 2.45) is 5.73 Å². The number of hydrogen-bond acceptors (Lipinski definition) is 7. The molecule has 1 fully saturated rings. The molecule has 0 saturated carbocycles. The van der Waals surface area contributed by atoms with Gasteiger partial charge >= 0.3 is 0 Å². The Bertz CT molecular complexity index is 1320. The number of likely N-dealkylation sites (tertiary alicyclic amines) is 1. The Labute approximate surface area is 190 Å². The quantitative estimate of drug-likeness (QED) is 0.466. The van der Waals surface area contributed by atoms with Crippen LogP contribution in [-0.4, -0.2) is 60.9 Å². The number of aliphatic hydroxyl groups is 1. The lowest BCUT2D eigenvalue weighted by Crippen LogP contribution is -2.28. The molecule has 3 aromatic heterocycles. The normalized spacial score (nSPS) is 17.3. The fourth-order valence-electron chi connectivity index (χ4n) is 4.12. The number of hydrogen-bond donors (Lipinski definition) is 2. The van der Waals surface area contributed by atoms with Gasteiger partial charge in [0.05, 0.1) is 5.60 Å². The van der Waals surface area contributed by atoms with Crippen LogP contribution < -0.4 is 10.5 Å². The summed E-state index contributed by atoms with van der Waals surface area (Å²) in [7, 11) is 0. The van der Waals surface area contributed by atoms with E-state index in [9.17, 15) is 9.50 Å². The molecule has 0 amide bonds. The zero-order chi connectivity index (χ0) is 23.2. The molecule has 0 spiro atoms. The molecular weight excluding hydrogens is 423 g/mol. The molecule has 0 radical (unpaired) electrons. The molecule has 1 aromatic carbocycles. The number of halogens is 1. The summed E-state index contributed by atoms with van der Waals surface area (Å²) < 4.78 is 21.8. The molecule has 172 valence electrons. The van der Waals surface area contributed by atoms with Crippen molar-refractivity contribution in [3.8, 4) is 17.3 Å². The Kier molecular flexibility index (Phi) is 5.48. The molecule has 1 aliphatic rings. The van der Waals surface area contributed by atoms with Gasteiger partial charge in [0.1, 0.15) is 29.4 Å². The minimum Gasteiger partial charge on any atom is -0.488 e. The van der Waals surface area contributed by atoms with Crippen molar-refractivity contribution in [2.45, 2.75) is 38.5 Å². The maximum absolute atomic E-state index is 14.1. The molecular formula is C24H27FN6O2. The van der Waals surface area contributed by atoms with Crippen LogP contribution in [0.25, 0.3) is 28.1 Å². The Morgan fingerprint density at radius 2 is 2.06 bits per heavy atom. The summed E-state index contributed by atoms with van der Waals surface area (Å²) in [5.74, 6) is 0.431. The van der Waals surface area contributed by atoms with Crippen LogP contribution in [0.1, 0.15) is 25.8 Å². The summed E-state index contributed by atoms with van der Waals surface area (Å²) in [6.07, 6.45) is 3.04. The van der Waals surface area contributed by atoms with E-state index in [1.165, 1.54) is 12.1 Å². The Hall–Kier alpha value is -3.14. The molecule has 0 bridgehead atoms. The largest absolute Gasteiger partial charge is 0.488 e. The smallest absolute Gasteiger partial charge is 0.187 e. The fraction of sp³-hybridized carbons (Fsp3) is 0.375. The molecule has 1 saturated heterocycles. The second-order valence-corrected chi connectivity index (χ2v) is 9.35. The predicted molar refractivity (Wildman–Crippen MR) is 123 cm³/mol. The molecule has 4 heterocycles. The van der Waals surface area contributed by atoms with Gasteiger partial charge in [-0.25, -0.2) is 9.37 Å². The van der Waals surface area contributed by atoms with E-state index >= 15 is 0 Å². The summed E-state index contributed by atoms with van der Waals surface area (Å²) in [5, 5.41) is 19.2. The first-order chi connectivity index (χ1) is 15.7. The first-order valence-corrected chi connectivity index (χ1v) is 11.0. The monoisotopic (exact) mass is 450 g/mol. The molecule has 4 aromatic rings. The van der Waals surface area contributed by atoms with E-state index in [2.05, 4.69) is 21.2 Å². The van der Waals surface area contributed by atoms with Gasteiger partial charge in [0.2, 0.25) is 0 Å². The average molecular weight is 451 g/mol. The van der Waals surface area contributed by atoms with E-state index < -0.39 is 11.4 Å². The number of rotatable bonds is 6. The van der Waals surface area contributed by atoms with E-state index in [0.717, 1.165) is 31.6 Å². The average Bonchev–Trinajstić information content (AvgIpc) is 3.36. The highest BCUT2D eigenvalue weighted by Gasteiger charge is 2.20. The number of benzene rings is 1. The van der Waals surface area contributed by atoms with Gasteiger partial charge in [-0.2, -0.15) is 0 Å². The summed E-state index contributed by atoms with van der Waals surface area (Å²) in [6.45, 7) is 5.95. The van der Waals surface area contributed by atoms with Crippen LogP contribution in [0.2, 0.25) is 0 Å². The third-order valence-electron chi connectivity index (χ3n) is 5.71. The van der Waals surface area contributed by atoms with Crippen molar-refractivity contribution < 1.29 is 14.2 Å². The zero-order valence-electron chi connectivity index (χ0n) is 18.7. The SMILES string of the molecule is CC(C)(O)COc1cc(F)cc2ccc(-c3nnc4ccc(CN5CC[C@H](N)C5)cn34)nc12. The highest BCUT2D eigenvalue weighted by molar-refractivity contribution is 5.86. The van der Waals surface area contributed by atoms with Crippen LogP contribution in [-0.2, 0) is 6.54 Å². The van der Waals surface area contributed by atoms with Crippen molar-refractivity contribution in [2.75, 3.05) is 19.7 Å². The third kappa shape index (κ3) is 4.66. The van der Waals surface area contributed by atoms with Gasteiger partial charge in [-0.1, -0.05) is 12.1 Å². The predicted octanol–water partition coefficient (Wildman–Crippen LogP) is 2.77. The zero-order valence-corrected chi connectivity index (χ0v) is 18.7. The summed E-state index contributed by atoms with van der Waals surface area (Å²) in [6, 6.07) is 10.5. The molecule has 33 heavy (non-hydrogen) atoms. The molecule has 0 unspecified atom stereocenters. The van der Waals surface area contributed by atoms with Gasteiger partial charge in [-0.3, -0.25) is 9.30 Å². The first-order valence-electron chi connectivity index (χ1n) is 11.0. The van der Waals surface area contributed by atoms with E-state index in [1.807, 2.05) is 16.7 Å². The van der Waals surface area contributed by atoms with E-state index in [4.69, 9.17) is 15.5 Å². The number of fused-ring (bicyclic) bond motifs is 2. The number of aromatic nitrogens is 4. The second-order valence-electron chi connectivity index (χ2n) is 9.35. The highest BCUT2D eigenvalue weighted by atomic mass is 19.1. The molecule has 8 nitrogen and oxygen atoms in total. The van der Waals surface area contributed by atoms with Gasteiger partial charge in [-0.05, 0) is 44.0 Å². The van der Waals surface area contributed by atoms with Gasteiger partial charge < -0.3 is 15.6 Å². The Morgan fingerprint density at radius 1 is 1.21 bits per heavy atom. The molecule has 1 aliphatic heterocycles. The lowest BCUT2D eigenvalue weighted by Gasteiger charge is -2.18. The standard InChI is InChI=1S/C24H27FN6O2/c1-24(2,32)14-33-20-10-17(25)9-16-4-5-19(27-22(16)20)23-29-28-21-6-3-15(12-31(21)23)11-30-8-7-18(26)13-30/h3-6,9-10,12,18,32H,7-8,11,13-14,26H2,1-2H3/t18-/m0/s1. The molecule has 0 aliphatic carbocycles. The highest BCUT2D eigenvalue weighted by Crippen LogP contribution is 2.29. The van der Waals surface area contributed by atoms with Gasteiger partial charge in [-0.15, -0.1) is 10.2 Å². The minimum atomic E-state index is -1.06. The minimum absolute atomic E-state index is 0.00877. The molecule has 3 N–H and O–H groups in total. The second kappa shape index (κ2) is 8.33. The Balaban J connectivity index is 1.52. The summed E-state index contributed by atoms with van der Waals surface area (Å²) >= 11 is 0. The van der Waals surface area contributed by atoms with Gasteiger partial charge in [0, 0.05) is 43.3 Å². The topological polar surface area (TPSA) is 102 Å². The molecule has 5 rings (SSSR count). The number of pyridine rings is 2. The number of nitrogens with two attached hydrogens (primary N) is 1. The lowest BCUT2D eigenvalue weighted by molar-refractivity contribution is 0.0289. The fourth-order valence-corrected chi connectivity index (χ4v) is 4.12. The van der Waals surface area contributed by atoms with E-state index in [0.29, 0.717) is 28.1 Å². The van der Waals surface area contributed by atoms with Crippen LogP contribution in [0.3, 0.4) is 0 Å². The van der Waals surface area contributed by atoms with Crippen molar-refractivity contribution in [3.05, 3.63) is 54.0 Å². The lowest BCUT2D eigenvalue weighted by atomic mass is 10.1. The summed E-state index contributed by atoms with van der Waals surface area (Å²) in [5.41, 5.74) is 7.92. The van der Waals surface area contributed by atoms with E-state index in [1.54, 1.807) is 26.0 Å². The first kappa shape index (κ1) is 21.7. The van der Waals surface area contributed by atoms with Crippen molar-refractivity contribution >= 4 is 16.6 Å². The van der Waals surface area contributed by atoms with E-state index in [-0.39, 0.29) is 18.4 Å². The van der Waals surface area contributed by atoms with Crippen molar-refractivity contribution in [3.63, 3.8) is 0 Å². The van der Waals surface area contributed by atoms with Crippen LogP contribution in [0.5, 0.6) is 5.75 Å². The van der Waals surface area contributed by atoms with Crippen LogP contribution >= 0.6 is 0 Å². The maximum atomic E-state index is 14.1. The molecule has 1 atom stereocenters. The third-order valence-corrected chi connectivity index (χ3v) is 5.71. The van der Waals surface area contributed by atoms with Crippen molar-refractivity contribution in [1.29, 1.82) is 0 Å². The van der Waals surface area contributed by atoms with Crippen LogP contribution in [0.4, 0.5) is 4.39 Å². The maximum Gasteiger partial charge on any atom is 0.187 e. The molecule has 9 heteroatoms. The number of ether oxygens (including phenoxy) is 1. The Morgan fingerprint density at radius 3 is 2.82 bits per heavy atom. The summed E-state index contributed by atoms with van der Waals surface area (Å²) in [4.78, 5) is 7.07. The van der Waals surface area contributed by atoms with Crippen LogP contribution in [0, 0.1) is 5.82 Å². The number of nitrogens with zero attached hydrogens (tertiary/aromatic N) is 5. The van der Waals surface area contributed by atoms with Crippen LogP contribution in [0.15, 0.2) is 42.6 Å². The van der Waals surface area contributed by atoms with Gasteiger partial charge in [0.25, 0.3) is 0 Å².